The monoisotopic (exact) mass is 400 g/mol. The first-order valence-corrected chi connectivity index (χ1v) is 10.7. The van der Waals surface area contributed by atoms with E-state index in [1.54, 1.807) is 0 Å². The van der Waals surface area contributed by atoms with Crippen LogP contribution in [0.1, 0.15) is 19.3 Å². The topological polar surface area (TPSA) is 75.7 Å². The number of alkyl halides is 3. The van der Waals surface area contributed by atoms with Crippen molar-refractivity contribution >= 4 is 21.0 Å². The summed E-state index contributed by atoms with van der Waals surface area (Å²) >= 11 is 0. The van der Waals surface area contributed by atoms with E-state index in [9.17, 15) is 13.2 Å². The van der Waals surface area contributed by atoms with Crippen LogP contribution in [-0.4, -0.2) is 49.0 Å². The van der Waals surface area contributed by atoms with Gasteiger partial charge in [0.15, 0.2) is 21.3 Å². The molecule has 0 aliphatic carbocycles. The summed E-state index contributed by atoms with van der Waals surface area (Å²) in [5, 5.41) is 0. The summed E-state index contributed by atoms with van der Waals surface area (Å²) < 4.78 is 70.4. The van der Waals surface area contributed by atoms with E-state index in [2.05, 4.69) is 30.3 Å². The molecule has 3 rings (SSSR count). The molecule has 25 heavy (non-hydrogen) atoms. The predicted octanol–water partition coefficient (Wildman–Crippen LogP) is 2.64. The van der Waals surface area contributed by atoms with E-state index in [4.69, 9.17) is 22.4 Å². The lowest BCUT2D eigenvalue weighted by Crippen LogP contribution is -2.22. The fraction of sp³-hybridized carbons (Fsp3) is 0.600. The number of hydrogen-bond acceptors (Lipinski definition) is 5. The predicted molar refractivity (Wildman–Crippen MR) is 86.0 cm³/mol. The second kappa shape index (κ2) is 8.72. The van der Waals surface area contributed by atoms with Crippen LogP contribution in [-0.2, 0) is 30.5 Å². The van der Waals surface area contributed by atoms with Gasteiger partial charge in [-0.15, -0.1) is 0 Å². The van der Waals surface area contributed by atoms with Gasteiger partial charge in [0, 0.05) is 30.3 Å². The molecular weight excluding hydrogens is 381 g/mol. The first kappa shape index (κ1) is 20.5. The Morgan fingerprint density at radius 2 is 1.84 bits per heavy atom. The van der Waals surface area contributed by atoms with E-state index < -0.39 is 15.6 Å². The van der Waals surface area contributed by atoms with Crippen molar-refractivity contribution in [3.63, 3.8) is 0 Å². The van der Waals surface area contributed by atoms with E-state index in [0.29, 0.717) is 17.0 Å². The van der Waals surface area contributed by atoms with Gasteiger partial charge >= 0.3 is 5.51 Å². The van der Waals surface area contributed by atoms with Gasteiger partial charge < -0.3 is 14.0 Å². The van der Waals surface area contributed by atoms with E-state index in [1.807, 2.05) is 0 Å². The van der Waals surface area contributed by atoms with Crippen LogP contribution < -0.4 is 0 Å². The third-order valence-electron chi connectivity index (χ3n) is 3.67. The zero-order valence-corrected chi connectivity index (χ0v) is 14.9. The second-order valence-corrected chi connectivity index (χ2v) is 9.14. The summed E-state index contributed by atoms with van der Waals surface area (Å²) in [7, 11) is -5.69. The Bertz CT molecular complexity index is 630. The molecule has 2 aliphatic heterocycles. The molecule has 0 saturated carbocycles. The largest absolute Gasteiger partial charge is 0.741 e. The normalized spacial score (nSPS) is 27.0. The Hall–Kier alpha value is -0.810. The van der Waals surface area contributed by atoms with Crippen LogP contribution in [0.15, 0.2) is 35.2 Å². The van der Waals surface area contributed by atoms with Gasteiger partial charge in [0.1, 0.15) is 17.6 Å². The van der Waals surface area contributed by atoms with Crippen LogP contribution in [0.4, 0.5) is 13.2 Å². The summed E-state index contributed by atoms with van der Waals surface area (Å²) in [5.74, 6) is 2.46. The number of benzene rings is 1. The van der Waals surface area contributed by atoms with Crippen LogP contribution in [0, 0.1) is 0 Å². The number of ether oxygens (including phenoxy) is 2. The quantitative estimate of drug-likeness (QED) is 0.443. The molecule has 0 radical (unpaired) electrons. The zero-order valence-electron chi connectivity index (χ0n) is 13.3. The van der Waals surface area contributed by atoms with Gasteiger partial charge in [0.2, 0.25) is 0 Å². The number of hydrogen-bond donors (Lipinski definition) is 0. The van der Waals surface area contributed by atoms with Crippen LogP contribution in [0.25, 0.3) is 0 Å². The fourth-order valence-corrected chi connectivity index (χ4v) is 4.85. The van der Waals surface area contributed by atoms with Crippen molar-refractivity contribution in [2.75, 3.05) is 18.1 Å². The molecular formula is C15H19F3O5S2. The Balaban J connectivity index is 0.000000242. The maximum atomic E-state index is 10.7. The lowest BCUT2D eigenvalue weighted by atomic mass is 10.3. The molecule has 5 nitrogen and oxygen atoms in total. The summed E-state index contributed by atoms with van der Waals surface area (Å²) in [6, 6.07) is 10.9. The van der Waals surface area contributed by atoms with Crippen molar-refractivity contribution in [3.8, 4) is 0 Å². The highest BCUT2D eigenvalue weighted by Crippen LogP contribution is 2.27. The molecule has 3 atom stereocenters. The van der Waals surface area contributed by atoms with Crippen LogP contribution >= 0.6 is 0 Å². The summed E-state index contributed by atoms with van der Waals surface area (Å²) in [4.78, 5) is 1.49. The van der Waals surface area contributed by atoms with Gasteiger partial charge in [-0.1, -0.05) is 18.2 Å². The zero-order chi connectivity index (χ0) is 18.5. The molecule has 1 aromatic rings. The van der Waals surface area contributed by atoms with Gasteiger partial charge in [0.25, 0.3) is 0 Å². The molecule has 3 unspecified atom stereocenters. The molecule has 0 N–H and O–H groups in total. The molecule has 0 bridgehead atoms. The summed E-state index contributed by atoms with van der Waals surface area (Å²) in [6.07, 6.45) is 3.93. The Labute approximate surface area is 147 Å². The molecule has 1 aromatic carbocycles. The minimum absolute atomic E-state index is 0.0827. The molecule has 0 aromatic heterocycles. The lowest BCUT2D eigenvalue weighted by molar-refractivity contribution is -0.136. The minimum atomic E-state index is -6.09. The van der Waals surface area contributed by atoms with Crippen molar-refractivity contribution in [1.82, 2.24) is 0 Å². The van der Waals surface area contributed by atoms with E-state index >= 15 is 0 Å². The Morgan fingerprint density at radius 1 is 1.20 bits per heavy atom. The van der Waals surface area contributed by atoms with Crippen molar-refractivity contribution in [3.05, 3.63) is 30.3 Å². The maximum absolute atomic E-state index is 10.7. The van der Waals surface area contributed by atoms with Crippen LogP contribution in [0.2, 0.25) is 0 Å². The first-order valence-electron chi connectivity index (χ1n) is 7.68. The molecule has 142 valence electrons. The van der Waals surface area contributed by atoms with Gasteiger partial charge in [-0.05, 0) is 18.6 Å². The summed E-state index contributed by atoms with van der Waals surface area (Å²) in [5.41, 5.74) is -5.65. The Kier molecular flexibility index (Phi) is 7.15. The highest BCUT2D eigenvalue weighted by Gasteiger charge is 2.37. The number of rotatable bonds is 3. The molecule has 2 saturated heterocycles. The highest BCUT2D eigenvalue weighted by molar-refractivity contribution is 7.97. The SMILES string of the molecule is O=S(=O)([O-])C(F)(F)F.c1ccc([S+]2CCC(OC3CCCO3)C2)cc1. The molecule has 10 heteroatoms. The average Bonchev–Trinajstić information content (AvgIpc) is 3.19. The van der Waals surface area contributed by atoms with E-state index in [0.717, 1.165) is 19.4 Å². The van der Waals surface area contributed by atoms with Crippen molar-refractivity contribution in [1.29, 1.82) is 0 Å². The van der Waals surface area contributed by atoms with Gasteiger partial charge in [0.05, 0.1) is 0 Å². The molecule has 2 aliphatic rings. The highest BCUT2D eigenvalue weighted by atomic mass is 32.2. The molecule has 2 fully saturated rings. The van der Waals surface area contributed by atoms with Gasteiger partial charge in [-0.2, -0.15) is 13.2 Å². The van der Waals surface area contributed by atoms with Crippen molar-refractivity contribution < 1.29 is 35.6 Å². The van der Waals surface area contributed by atoms with Crippen LogP contribution in [0.5, 0.6) is 0 Å². The van der Waals surface area contributed by atoms with Crippen molar-refractivity contribution in [2.45, 2.75) is 42.1 Å². The van der Waals surface area contributed by atoms with Crippen molar-refractivity contribution in [2.24, 2.45) is 0 Å². The van der Waals surface area contributed by atoms with E-state index in [-0.39, 0.29) is 6.29 Å². The molecule has 0 amide bonds. The minimum Gasteiger partial charge on any atom is -0.741 e. The maximum Gasteiger partial charge on any atom is 0.485 e. The third kappa shape index (κ3) is 6.45. The number of halogens is 3. The second-order valence-electron chi connectivity index (χ2n) is 5.57. The summed E-state index contributed by atoms with van der Waals surface area (Å²) in [6.45, 7) is 0.877. The van der Waals surface area contributed by atoms with Gasteiger partial charge in [-0.3, -0.25) is 0 Å². The molecule has 2 heterocycles. The molecule has 0 spiro atoms. The fourth-order valence-electron chi connectivity index (χ4n) is 2.47. The first-order chi connectivity index (χ1) is 11.7. The van der Waals surface area contributed by atoms with Gasteiger partial charge in [-0.25, -0.2) is 8.42 Å². The lowest BCUT2D eigenvalue weighted by Gasteiger charge is -2.14. The third-order valence-corrected chi connectivity index (χ3v) is 6.67. The van der Waals surface area contributed by atoms with Crippen LogP contribution in [0.3, 0.4) is 0 Å². The Morgan fingerprint density at radius 3 is 2.36 bits per heavy atom. The smallest absolute Gasteiger partial charge is 0.485 e. The standard InChI is InChI=1S/C14H19O2S.CHF3O3S/c1-2-5-13(6-3-1)17-10-8-12(11-17)16-14-7-4-9-15-14;2-1(3,4)8(5,6)7/h1-3,5-6,12,14H,4,7-11H2;(H,5,6,7)/q+1;/p-1. The van der Waals surface area contributed by atoms with E-state index in [1.165, 1.54) is 22.8 Å². The average molecular weight is 400 g/mol.